The van der Waals surface area contributed by atoms with Crippen LogP contribution >= 0.6 is 11.3 Å². The molecule has 0 amide bonds. The van der Waals surface area contributed by atoms with Crippen molar-refractivity contribution in [3.63, 3.8) is 0 Å². The van der Waals surface area contributed by atoms with Gasteiger partial charge in [0.2, 0.25) is 0 Å². The molecule has 2 aromatic carbocycles. The van der Waals surface area contributed by atoms with Gasteiger partial charge in [-0.15, -0.1) is 11.3 Å². The number of thiazole rings is 1. The zero-order valence-corrected chi connectivity index (χ0v) is 11.6. The third-order valence-electron chi connectivity index (χ3n) is 3.00. The standard InChI is InChI=1S/C17H13NOS/c1-12-18-17(19)16(20-12)11-13-6-5-9-15(10-13)14-7-3-2-4-8-14/h2-11H,1H2,(H,18,19)/b16-11-. The second kappa shape index (κ2) is 5.31. The van der Waals surface area contributed by atoms with Crippen LogP contribution in [0.15, 0.2) is 59.4 Å². The largest absolute Gasteiger partial charge is 0.313 e. The summed E-state index contributed by atoms with van der Waals surface area (Å²) in [6.07, 6.45) is 1.89. The lowest BCUT2D eigenvalue weighted by Gasteiger charge is -2.02. The fraction of sp³-hybridized carbons (Fsp3) is 0. The minimum Gasteiger partial charge on any atom is -0.313 e. The first-order chi connectivity index (χ1) is 9.72. The van der Waals surface area contributed by atoms with E-state index < -0.39 is 0 Å². The minimum atomic E-state index is -0.0786. The van der Waals surface area contributed by atoms with Gasteiger partial charge in [0.1, 0.15) is 0 Å². The summed E-state index contributed by atoms with van der Waals surface area (Å²) >= 11 is 1.38. The SMILES string of the molecule is C=c1[nH]c(=O)/c(=C/c2cccc(-c3ccccc3)c2)s1. The topological polar surface area (TPSA) is 32.9 Å². The van der Waals surface area contributed by atoms with Crippen LogP contribution in [0.2, 0.25) is 0 Å². The van der Waals surface area contributed by atoms with Gasteiger partial charge in [-0.05, 0) is 28.8 Å². The highest BCUT2D eigenvalue weighted by atomic mass is 32.1. The average Bonchev–Trinajstić information content (AvgIpc) is 2.78. The zero-order valence-electron chi connectivity index (χ0n) is 10.8. The van der Waals surface area contributed by atoms with Crippen LogP contribution in [0.25, 0.3) is 23.8 Å². The Hall–Kier alpha value is -2.39. The van der Waals surface area contributed by atoms with Crippen molar-refractivity contribution in [1.82, 2.24) is 4.98 Å². The van der Waals surface area contributed by atoms with Gasteiger partial charge in [0, 0.05) is 0 Å². The summed E-state index contributed by atoms with van der Waals surface area (Å²) in [5, 5.41) is 0. The molecule has 0 aliphatic carbocycles. The Morgan fingerprint density at radius 1 is 1.00 bits per heavy atom. The normalized spacial score (nSPS) is 11.7. The second-order valence-corrected chi connectivity index (χ2v) is 5.62. The van der Waals surface area contributed by atoms with Crippen LogP contribution in [0.5, 0.6) is 0 Å². The van der Waals surface area contributed by atoms with Gasteiger partial charge < -0.3 is 4.98 Å². The van der Waals surface area contributed by atoms with E-state index in [0.29, 0.717) is 9.20 Å². The molecule has 0 aliphatic heterocycles. The lowest BCUT2D eigenvalue weighted by molar-refractivity contribution is 1.26. The molecule has 0 aliphatic rings. The summed E-state index contributed by atoms with van der Waals surface area (Å²) in [5.41, 5.74) is 3.24. The van der Waals surface area contributed by atoms with Gasteiger partial charge in [-0.2, -0.15) is 0 Å². The summed E-state index contributed by atoms with van der Waals surface area (Å²) in [4.78, 5) is 14.4. The van der Waals surface area contributed by atoms with Crippen molar-refractivity contribution in [2.24, 2.45) is 0 Å². The van der Waals surface area contributed by atoms with E-state index in [9.17, 15) is 4.79 Å². The molecule has 98 valence electrons. The molecule has 0 unspecified atom stereocenters. The highest BCUT2D eigenvalue weighted by Crippen LogP contribution is 2.20. The molecule has 3 rings (SSSR count). The van der Waals surface area contributed by atoms with Crippen molar-refractivity contribution in [1.29, 1.82) is 0 Å². The third-order valence-corrected chi connectivity index (χ3v) is 3.87. The van der Waals surface area contributed by atoms with Gasteiger partial charge >= 0.3 is 0 Å². The Balaban J connectivity index is 2.09. The predicted octanol–water partition coefficient (Wildman–Crippen LogP) is 2.34. The third kappa shape index (κ3) is 2.63. The van der Waals surface area contributed by atoms with Gasteiger partial charge in [0.25, 0.3) is 5.56 Å². The van der Waals surface area contributed by atoms with E-state index in [-0.39, 0.29) is 5.56 Å². The number of aromatic amines is 1. The molecule has 2 nitrogen and oxygen atoms in total. The zero-order chi connectivity index (χ0) is 13.9. The molecule has 1 heterocycles. The monoisotopic (exact) mass is 279 g/mol. The van der Waals surface area contributed by atoms with Crippen molar-refractivity contribution in [3.8, 4) is 11.1 Å². The van der Waals surface area contributed by atoms with E-state index in [0.717, 1.165) is 11.1 Å². The van der Waals surface area contributed by atoms with Gasteiger partial charge in [0.15, 0.2) is 0 Å². The molecular weight excluding hydrogens is 266 g/mol. The maximum absolute atomic E-state index is 11.7. The fourth-order valence-electron chi connectivity index (χ4n) is 2.08. The van der Waals surface area contributed by atoms with E-state index in [2.05, 4.69) is 35.8 Å². The molecule has 20 heavy (non-hydrogen) atoms. The van der Waals surface area contributed by atoms with Crippen LogP contribution in [0, 0.1) is 0 Å². The fourth-order valence-corrected chi connectivity index (χ4v) is 2.83. The number of rotatable bonds is 2. The van der Waals surface area contributed by atoms with Crippen LogP contribution in [0.1, 0.15) is 5.56 Å². The first kappa shape index (κ1) is 12.6. The van der Waals surface area contributed by atoms with Gasteiger partial charge in [-0.1, -0.05) is 55.1 Å². The maximum atomic E-state index is 11.7. The molecule has 3 aromatic rings. The van der Waals surface area contributed by atoms with E-state index in [4.69, 9.17) is 0 Å². The highest BCUT2D eigenvalue weighted by Gasteiger charge is 1.98. The molecule has 1 aromatic heterocycles. The Labute approximate surface area is 120 Å². The number of hydrogen-bond acceptors (Lipinski definition) is 2. The van der Waals surface area contributed by atoms with Crippen LogP contribution in [-0.2, 0) is 0 Å². The predicted molar refractivity (Wildman–Crippen MR) is 85.2 cm³/mol. The quantitative estimate of drug-likeness (QED) is 0.767. The van der Waals surface area contributed by atoms with E-state index in [1.165, 1.54) is 16.9 Å². The van der Waals surface area contributed by atoms with Gasteiger partial charge in [0.05, 0.1) is 9.20 Å². The van der Waals surface area contributed by atoms with Crippen molar-refractivity contribution >= 4 is 24.0 Å². The molecule has 0 bridgehead atoms. The van der Waals surface area contributed by atoms with Crippen molar-refractivity contribution < 1.29 is 0 Å². The summed E-state index contributed by atoms with van der Waals surface area (Å²) in [7, 11) is 0. The van der Waals surface area contributed by atoms with E-state index in [1.54, 1.807) is 0 Å². The second-order valence-electron chi connectivity index (χ2n) is 4.48. The van der Waals surface area contributed by atoms with E-state index >= 15 is 0 Å². The Kier molecular flexibility index (Phi) is 3.35. The molecule has 0 saturated heterocycles. The van der Waals surface area contributed by atoms with E-state index in [1.807, 2.05) is 36.4 Å². The van der Waals surface area contributed by atoms with Crippen LogP contribution in [0.4, 0.5) is 0 Å². The molecule has 0 spiro atoms. The highest BCUT2D eigenvalue weighted by molar-refractivity contribution is 7.07. The van der Waals surface area contributed by atoms with Crippen LogP contribution < -0.4 is 14.8 Å². The summed E-state index contributed by atoms with van der Waals surface area (Å²) < 4.78 is 1.36. The lowest BCUT2D eigenvalue weighted by atomic mass is 10.0. The van der Waals surface area contributed by atoms with Gasteiger partial charge in [-0.25, -0.2) is 0 Å². The Bertz CT molecular complexity index is 890. The molecule has 1 N–H and O–H groups in total. The van der Waals surface area contributed by atoms with Crippen molar-refractivity contribution in [2.45, 2.75) is 0 Å². The van der Waals surface area contributed by atoms with Crippen molar-refractivity contribution in [3.05, 3.63) is 79.7 Å². The van der Waals surface area contributed by atoms with Gasteiger partial charge in [-0.3, -0.25) is 4.79 Å². The number of nitrogens with one attached hydrogen (secondary N) is 1. The molecule has 3 heteroatoms. The smallest absolute Gasteiger partial charge is 0.266 e. The maximum Gasteiger partial charge on any atom is 0.266 e. The summed E-state index contributed by atoms with van der Waals surface area (Å²) in [6, 6.07) is 18.3. The average molecular weight is 279 g/mol. The first-order valence-electron chi connectivity index (χ1n) is 6.28. The number of aromatic nitrogens is 1. The summed E-state index contributed by atoms with van der Waals surface area (Å²) in [6.45, 7) is 3.75. The number of benzene rings is 2. The molecular formula is C17H13NOS. The van der Waals surface area contributed by atoms with Crippen LogP contribution in [0.3, 0.4) is 0 Å². The first-order valence-corrected chi connectivity index (χ1v) is 7.09. The summed E-state index contributed by atoms with van der Waals surface area (Å²) in [5.74, 6) is 0. The molecule has 0 radical (unpaired) electrons. The Morgan fingerprint density at radius 2 is 1.75 bits per heavy atom. The Morgan fingerprint density at radius 3 is 2.45 bits per heavy atom. The molecule has 0 fully saturated rings. The lowest BCUT2D eigenvalue weighted by Crippen LogP contribution is -2.19. The van der Waals surface area contributed by atoms with Crippen molar-refractivity contribution in [2.75, 3.05) is 0 Å². The minimum absolute atomic E-state index is 0.0786. The molecule has 0 saturated carbocycles. The molecule has 0 atom stereocenters. The number of hydrogen-bond donors (Lipinski definition) is 1. The number of H-pyrrole nitrogens is 1. The van der Waals surface area contributed by atoms with Crippen LogP contribution in [-0.4, -0.2) is 4.98 Å².